The first kappa shape index (κ1) is 19.8. The predicted molar refractivity (Wildman–Crippen MR) is 124 cm³/mol. The van der Waals surface area contributed by atoms with Crippen molar-refractivity contribution in [3.05, 3.63) is 82.9 Å². The highest BCUT2D eigenvalue weighted by Crippen LogP contribution is 2.28. The molecule has 2 N–H and O–H groups in total. The van der Waals surface area contributed by atoms with Crippen molar-refractivity contribution < 1.29 is 9.21 Å². The molecule has 1 heterocycles. The van der Waals surface area contributed by atoms with E-state index >= 15 is 0 Å². The van der Waals surface area contributed by atoms with Crippen molar-refractivity contribution in [1.29, 1.82) is 0 Å². The van der Waals surface area contributed by atoms with Gasteiger partial charge < -0.3 is 9.73 Å². The zero-order chi connectivity index (χ0) is 21.3. The third-order valence-corrected chi connectivity index (χ3v) is 4.93. The minimum Gasteiger partial charge on any atom is -0.436 e. The fraction of sp³-hybridized carbons (Fsp3) is 0.125. The molecule has 1 amide bonds. The molecule has 0 saturated heterocycles. The van der Waals surface area contributed by atoms with E-state index in [1.165, 1.54) is 0 Å². The second-order valence-electron chi connectivity index (χ2n) is 7.30. The summed E-state index contributed by atoms with van der Waals surface area (Å²) < 4.78 is 5.99. The first-order chi connectivity index (χ1) is 14.4. The number of benzene rings is 3. The zero-order valence-corrected chi connectivity index (χ0v) is 17.8. The maximum atomic E-state index is 12.3. The molecule has 4 aromatic rings. The second kappa shape index (κ2) is 8.08. The third kappa shape index (κ3) is 4.23. The van der Waals surface area contributed by atoms with Crippen LogP contribution in [0.1, 0.15) is 27.0 Å². The van der Waals surface area contributed by atoms with Gasteiger partial charge in [0.25, 0.3) is 5.91 Å². The minimum absolute atomic E-state index is 0.224. The van der Waals surface area contributed by atoms with Gasteiger partial charge >= 0.3 is 0 Å². The highest BCUT2D eigenvalue weighted by molar-refractivity contribution is 7.80. The summed E-state index contributed by atoms with van der Waals surface area (Å²) in [5, 5.41) is 5.97. The highest BCUT2D eigenvalue weighted by Gasteiger charge is 2.12. The molecular weight excluding hydrogens is 394 g/mol. The lowest BCUT2D eigenvalue weighted by Gasteiger charge is -2.10. The van der Waals surface area contributed by atoms with Crippen molar-refractivity contribution in [2.45, 2.75) is 20.8 Å². The van der Waals surface area contributed by atoms with Crippen LogP contribution in [0.5, 0.6) is 0 Å². The van der Waals surface area contributed by atoms with Crippen LogP contribution < -0.4 is 10.6 Å². The van der Waals surface area contributed by atoms with Gasteiger partial charge in [-0.05, 0) is 80.5 Å². The largest absolute Gasteiger partial charge is 0.436 e. The van der Waals surface area contributed by atoms with E-state index in [0.717, 1.165) is 39.0 Å². The monoisotopic (exact) mass is 415 g/mol. The molecule has 3 aromatic carbocycles. The van der Waals surface area contributed by atoms with E-state index < -0.39 is 0 Å². The summed E-state index contributed by atoms with van der Waals surface area (Å²) in [4.78, 5) is 17.0. The Bertz CT molecular complexity index is 1260. The molecule has 6 heteroatoms. The van der Waals surface area contributed by atoms with Crippen LogP contribution in [0.4, 0.5) is 5.69 Å². The smallest absolute Gasteiger partial charge is 0.257 e. The van der Waals surface area contributed by atoms with Crippen LogP contribution in [0.15, 0.2) is 65.1 Å². The lowest BCUT2D eigenvalue weighted by Crippen LogP contribution is -2.34. The highest BCUT2D eigenvalue weighted by atomic mass is 32.1. The molecule has 0 fully saturated rings. The molecule has 0 radical (unpaired) electrons. The summed E-state index contributed by atoms with van der Waals surface area (Å²) in [6.45, 7) is 6.02. The van der Waals surface area contributed by atoms with Crippen molar-refractivity contribution in [3.63, 3.8) is 0 Å². The summed E-state index contributed by atoms with van der Waals surface area (Å²) in [5.41, 5.74) is 7.02. The number of amides is 1. The van der Waals surface area contributed by atoms with Gasteiger partial charge in [-0.3, -0.25) is 10.1 Å². The van der Waals surface area contributed by atoms with Crippen LogP contribution >= 0.6 is 12.2 Å². The molecule has 0 aliphatic rings. The Kier molecular flexibility index (Phi) is 5.33. The molecule has 0 spiro atoms. The average Bonchev–Trinajstić information content (AvgIpc) is 3.13. The van der Waals surface area contributed by atoms with Crippen LogP contribution in [-0.2, 0) is 0 Å². The number of carbonyl (C=O) groups is 1. The number of fused-ring (bicyclic) bond motifs is 1. The first-order valence-corrected chi connectivity index (χ1v) is 9.97. The van der Waals surface area contributed by atoms with Gasteiger partial charge in [0.15, 0.2) is 10.7 Å². The Morgan fingerprint density at radius 3 is 2.50 bits per heavy atom. The van der Waals surface area contributed by atoms with Gasteiger partial charge in [0, 0.05) is 16.8 Å². The topological polar surface area (TPSA) is 67.2 Å². The zero-order valence-electron chi connectivity index (χ0n) is 16.9. The van der Waals surface area contributed by atoms with Gasteiger partial charge in [-0.2, -0.15) is 0 Å². The first-order valence-electron chi connectivity index (χ1n) is 9.56. The van der Waals surface area contributed by atoms with Gasteiger partial charge in [0.05, 0.1) is 0 Å². The maximum Gasteiger partial charge on any atom is 0.257 e. The molecule has 4 rings (SSSR count). The van der Waals surface area contributed by atoms with Gasteiger partial charge in [0.2, 0.25) is 5.89 Å². The maximum absolute atomic E-state index is 12.3. The van der Waals surface area contributed by atoms with E-state index in [-0.39, 0.29) is 11.0 Å². The van der Waals surface area contributed by atoms with Crippen LogP contribution in [0.2, 0.25) is 0 Å². The summed E-state index contributed by atoms with van der Waals surface area (Å²) in [6.07, 6.45) is 0. The Labute approximate surface area is 180 Å². The number of carbonyl (C=O) groups excluding carboxylic acids is 1. The van der Waals surface area contributed by atoms with Crippen molar-refractivity contribution in [1.82, 2.24) is 10.3 Å². The Balaban J connectivity index is 1.51. The third-order valence-electron chi connectivity index (χ3n) is 4.73. The van der Waals surface area contributed by atoms with Crippen molar-refractivity contribution in [2.75, 3.05) is 5.32 Å². The number of rotatable bonds is 3. The summed E-state index contributed by atoms with van der Waals surface area (Å²) >= 11 is 5.30. The molecule has 150 valence electrons. The van der Waals surface area contributed by atoms with Crippen LogP contribution in [0, 0.1) is 20.8 Å². The number of nitrogens with zero attached hydrogens (tertiary/aromatic N) is 1. The fourth-order valence-corrected chi connectivity index (χ4v) is 3.48. The van der Waals surface area contributed by atoms with E-state index in [1.807, 2.05) is 63.2 Å². The number of hydrogen-bond acceptors (Lipinski definition) is 4. The van der Waals surface area contributed by atoms with Crippen LogP contribution in [0.3, 0.4) is 0 Å². The van der Waals surface area contributed by atoms with Gasteiger partial charge in [-0.15, -0.1) is 0 Å². The number of hydrogen-bond donors (Lipinski definition) is 2. The quantitative estimate of drug-likeness (QED) is 0.430. The van der Waals surface area contributed by atoms with E-state index in [4.69, 9.17) is 16.6 Å². The van der Waals surface area contributed by atoms with Crippen LogP contribution in [-0.4, -0.2) is 16.0 Å². The van der Waals surface area contributed by atoms with Crippen molar-refractivity contribution >= 4 is 40.0 Å². The summed E-state index contributed by atoms with van der Waals surface area (Å²) in [6, 6.07) is 19.0. The van der Waals surface area contributed by atoms with Crippen LogP contribution in [0.25, 0.3) is 22.6 Å². The van der Waals surface area contributed by atoms with Crippen molar-refractivity contribution in [2.24, 2.45) is 0 Å². The Morgan fingerprint density at radius 1 is 0.967 bits per heavy atom. The number of aromatic nitrogens is 1. The molecule has 0 saturated carbocycles. The SMILES string of the molecule is Cc1ccc(C(=O)NC(=S)Nc2cccc(-c3nc4cc(C)cc(C)c4o3)c2)cc1. The summed E-state index contributed by atoms with van der Waals surface area (Å²) in [7, 11) is 0. The number of thiocarbonyl (C=S) groups is 1. The van der Waals surface area contributed by atoms with E-state index in [1.54, 1.807) is 12.1 Å². The standard InChI is InChI=1S/C24H21N3O2S/c1-14-7-9-17(10-8-14)22(28)27-24(30)25-19-6-4-5-18(13-19)23-26-20-12-15(2)11-16(3)21(20)29-23/h4-13H,1-3H3,(H2,25,27,28,30). The predicted octanol–water partition coefficient (Wildman–Crippen LogP) is 5.55. The molecule has 0 unspecified atom stereocenters. The molecule has 5 nitrogen and oxygen atoms in total. The molecule has 30 heavy (non-hydrogen) atoms. The molecule has 0 aliphatic carbocycles. The van der Waals surface area contributed by atoms with Gasteiger partial charge in [-0.25, -0.2) is 4.98 Å². The van der Waals surface area contributed by atoms with E-state index in [0.29, 0.717) is 11.5 Å². The van der Waals surface area contributed by atoms with Gasteiger partial charge in [0.1, 0.15) is 5.52 Å². The average molecular weight is 416 g/mol. The van der Waals surface area contributed by atoms with E-state index in [2.05, 4.69) is 21.7 Å². The molecule has 0 aliphatic heterocycles. The fourth-order valence-electron chi connectivity index (χ4n) is 3.27. The lowest BCUT2D eigenvalue weighted by molar-refractivity contribution is 0.0977. The number of aryl methyl sites for hydroxylation is 3. The number of oxazole rings is 1. The van der Waals surface area contributed by atoms with Crippen molar-refractivity contribution in [3.8, 4) is 11.5 Å². The van der Waals surface area contributed by atoms with Gasteiger partial charge in [-0.1, -0.05) is 29.8 Å². The molecule has 0 atom stereocenters. The molecule has 1 aromatic heterocycles. The minimum atomic E-state index is -0.256. The lowest BCUT2D eigenvalue weighted by atomic mass is 10.1. The normalized spacial score (nSPS) is 10.8. The second-order valence-corrected chi connectivity index (χ2v) is 7.71. The Hall–Kier alpha value is -3.51. The summed E-state index contributed by atoms with van der Waals surface area (Å²) in [5.74, 6) is 0.283. The van der Waals surface area contributed by atoms with E-state index in [9.17, 15) is 4.79 Å². The molecule has 0 bridgehead atoms. The Morgan fingerprint density at radius 2 is 1.73 bits per heavy atom. The number of anilines is 1. The number of nitrogens with one attached hydrogen (secondary N) is 2. The molecular formula is C24H21N3O2S.